The number of nitrogens with zero attached hydrogens (tertiary/aromatic N) is 3. The number of rotatable bonds is 10. The average molecular weight is 665 g/mol. The molecule has 0 amide bonds. The maximum atomic E-state index is 14.2. The van der Waals surface area contributed by atoms with Crippen molar-refractivity contribution in [1.29, 1.82) is 0 Å². The molecule has 4 aromatic rings. The van der Waals surface area contributed by atoms with Crippen molar-refractivity contribution in [3.05, 3.63) is 124 Å². The summed E-state index contributed by atoms with van der Waals surface area (Å²) in [5.41, 5.74) is 5.03. The van der Waals surface area contributed by atoms with E-state index >= 15 is 0 Å². The first-order valence-corrected chi connectivity index (χ1v) is 16.4. The van der Waals surface area contributed by atoms with Crippen LogP contribution in [0.2, 0.25) is 10.0 Å². The monoisotopic (exact) mass is 663 g/mol. The van der Waals surface area contributed by atoms with Crippen LogP contribution in [-0.4, -0.2) is 30.2 Å². The number of ether oxygens (including phenoxy) is 2. The largest absolute Gasteiger partial charge is 0.488 e. The molecule has 0 N–H and O–H groups in total. The van der Waals surface area contributed by atoms with Gasteiger partial charge in [0.25, 0.3) is 5.56 Å². The molecule has 0 radical (unpaired) electrons. The zero-order valence-corrected chi connectivity index (χ0v) is 28.2. The molecule has 7 nitrogen and oxygen atoms in total. The molecule has 0 aliphatic carbocycles. The van der Waals surface area contributed by atoms with Gasteiger partial charge >= 0.3 is 5.97 Å². The van der Waals surface area contributed by atoms with E-state index in [9.17, 15) is 9.59 Å². The molecule has 5 rings (SSSR count). The molecule has 0 saturated heterocycles. The van der Waals surface area contributed by atoms with Crippen molar-refractivity contribution >= 4 is 52.3 Å². The van der Waals surface area contributed by atoms with Crippen molar-refractivity contribution in [2.75, 3.05) is 24.6 Å². The van der Waals surface area contributed by atoms with Crippen LogP contribution in [0.5, 0.6) is 5.75 Å². The normalized spacial score (nSPS) is 14.6. The number of aromatic nitrogens is 1. The molecule has 1 aromatic heterocycles. The minimum atomic E-state index is -0.671. The third-order valence-corrected chi connectivity index (χ3v) is 9.29. The molecule has 0 fully saturated rings. The van der Waals surface area contributed by atoms with Crippen LogP contribution in [0.3, 0.4) is 0 Å². The molecule has 45 heavy (non-hydrogen) atoms. The minimum absolute atomic E-state index is 0.216. The number of hydrogen-bond acceptors (Lipinski definition) is 7. The van der Waals surface area contributed by atoms with Gasteiger partial charge in [-0.25, -0.2) is 9.79 Å². The van der Waals surface area contributed by atoms with Crippen molar-refractivity contribution in [2.24, 2.45) is 4.99 Å². The number of carbonyl (C=O) groups is 1. The van der Waals surface area contributed by atoms with Gasteiger partial charge in [0.05, 0.1) is 28.5 Å². The summed E-state index contributed by atoms with van der Waals surface area (Å²) >= 11 is 13.8. The van der Waals surface area contributed by atoms with E-state index in [1.54, 1.807) is 30.5 Å². The van der Waals surface area contributed by atoms with Crippen LogP contribution in [0.4, 0.5) is 5.69 Å². The third kappa shape index (κ3) is 6.88. The maximum Gasteiger partial charge on any atom is 0.338 e. The van der Waals surface area contributed by atoms with Crippen molar-refractivity contribution in [1.82, 2.24) is 4.57 Å². The number of hydrogen-bond donors (Lipinski definition) is 0. The van der Waals surface area contributed by atoms with Gasteiger partial charge in [-0.05, 0) is 70.5 Å². The van der Waals surface area contributed by atoms with Crippen LogP contribution in [0.25, 0.3) is 6.08 Å². The summed E-state index contributed by atoms with van der Waals surface area (Å²) in [6.07, 6.45) is 1.82. The summed E-state index contributed by atoms with van der Waals surface area (Å²) < 4.78 is 13.8. The first-order valence-electron chi connectivity index (χ1n) is 14.9. The lowest BCUT2D eigenvalue weighted by Gasteiger charge is -2.24. The number of esters is 1. The van der Waals surface area contributed by atoms with Crippen LogP contribution in [0.1, 0.15) is 56.0 Å². The second kappa shape index (κ2) is 14.1. The van der Waals surface area contributed by atoms with Gasteiger partial charge < -0.3 is 14.4 Å². The highest BCUT2D eigenvalue weighted by molar-refractivity contribution is 7.07. The van der Waals surface area contributed by atoms with E-state index in [1.165, 1.54) is 11.3 Å². The van der Waals surface area contributed by atoms with Gasteiger partial charge in [0, 0.05) is 46.0 Å². The summed E-state index contributed by atoms with van der Waals surface area (Å²) in [7, 11) is 0. The number of aryl methyl sites for hydroxylation is 1. The summed E-state index contributed by atoms with van der Waals surface area (Å²) in [5.74, 6) is 0.122. The second-order valence-electron chi connectivity index (χ2n) is 10.6. The predicted molar refractivity (Wildman–Crippen MR) is 182 cm³/mol. The molecular weight excluding hydrogens is 629 g/mol. The molecule has 0 spiro atoms. The fourth-order valence-corrected chi connectivity index (χ4v) is 6.84. The molecule has 2 heterocycles. The number of benzene rings is 3. The molecule has 0 unspecified atom stereocenters. The Morgan fingerprint density at radius 2 is 1.76 bits per heavy atom. The lowest BCUT2D eigenvalue weighted by Crippen LogP contribution is -2.39. The molecule has 10 heteroatoms. The SMILES string of the molecule is CCOC(=O)C1=C(C)N=c2s/c(=C\c3ccc(N(CC)CC)cc3OCc3ccc(Cl)cc3Cl)c(=O)n2[C@@H]1c1ccc(C)cc1. The van der Waals surface area contributed by atoms with Gasteiger partial charge in [0.1, 0.15) is 12.4 Å². The van der Waals surface area contributed by atoms with E-state index in [4.69, 9.17) is 37.7 Å². The summed E-state index contributed by atoms with van der Waals surface area (Å²) in [6.45, 7) is 11.8. The van der Waals surface area contributed by atoms with Crippen molar-refractivity contribution in [3.8, 4) is 5.75 Å². The van der Waals surface area contributed by atoms with Crippen molar-refractivity contribution < 1.29 is 14.3 Å². The van der Waals surface area contributed by atoms with Gasteiger partial charge in [-0.2, -0.15) is 0 Å². The van der Waals surface area contributed by atoms with Crippen LogP contribution in [0, 0.1) is 6.92 Å². The van der Waals surface area contributed by atoms with E-state index < -0.39 is 12.0 Å². The van der Waals surface area contributed by atoms with E-state index in [0.29, 0.717) is 36.4 Å². The Balaban J connectivity index is 1.64. The fraction of sp³-hybridized carbons (Fsp3) is 0.286. The van der Waals surface area contributed by atoms with E-state index in [-0.39, 0.29) is 18.8 Å². The summed E-state index contributed by atoms with van der Waals surface area (Å²) in [5, 5.41) is 1.06. The standard InChI is InChI=1S/C35H35Cl2N3O4S/c1-6-39(7-2)27-16-14-24(29(19-27)44-20-25-13-15-26(36)18-28(25)37)17-30-33(41)40-32(23-11-9-21(4)10-12-23)31(34(42)43-8-3)22(5)38-35(40)45-30/h9-19,32H,6-8,20H2,1-5H3/b30-17-/t32-/m1/s1. The fourth-order valence-electron chi connectivity index (χ4n) is 5.34. The smallest absolute Gasteiger partial charge is 0.338 e. The number of carbonyl (C=O) groups excluding carboxylic acids is 1. The predicted octanol–water partition coefficient (Wildman–Crippen LogP) is 6.84. The molecule has 234 valence electrons. The van der Waals surface area contributed by atoms with Crippen molar-refractivity contribution in [3.63, 3.8) is 0 Å². The highest BCUT2D eigenvalue weighted by Gasteiger charge is 2.33. The Bertz CT molecular complexity index is 1940. The van der Waals surface area contributed by atoms with Crippen molar-refractivity contribution in [2.45, 2.75) is 47.3 Å². The lowest BCUT2D eigenvalue weighted by molar-refractivity contribution is -0.139. The van der Waals surface area contributed by atoms with Crippen LogP contribution in [-0.2, 0) is 16.1 Å². The van der Waals surface area contributed by atoms with Crippen LogP contribution < -0.4 is 24.5 Å². The Morgan fingerprint density at radius 1 is 1.02 bits per heavy atom. The highest BCUT2D eigenvalue weighted by atomic mass is 35.5. The van der Waals surface area contributed by atoms with Gasteiger partial charge in [-0.3, -0.25) is 9.36 Å². The van der Waals surface area contributed by atoms with Gasteiger partial charge in [0.2, 0.25) is 0 Å². The Hall–Kier alpha value is -3.85. The Kier molecular flexibility index (Phi) is 10.2. The quantitative estimate of drug-likeness (QED) is 0.174. The highest BCUT2D eigenvalue weighted by Crippen LogP contribution is 2.32. The number of thiazole rings is 1. The maximum absolute atomic E-state index is 14.2. The molecule has 1 aliphatic heterocycles. The van der Waals surface area contributed by atoms with Gasteiger partial charge in [0.15, 0.2) is 4.80 Å². The lowest BCUT2D eigenvalue weighted by atomic mass is 9.95. The van der Waals surface area contributed by atoms with Gasteiger partial charge in [-0.15, -0.1) is 0 Å². The zero-order chi connectivity index (χ0) is 32.2. The number of allylic oxidation sites excluding steroid dienone is 1. The Labute approximate surface area is 276 Å². The molecule has 1 atom stereocenters. The Morgan fingerprint density at radius 3 is 2.42 bits per heavy atom. The summed E-state index contributed by atoms with van der Waals surface area (Å²) in [6, 6.07) is 18.4. The summed E-state index contributed by atoms with van der Waals surface area (Å²) in [4.78, 5) is 34.8. The number of fused-ring (bicyclic) bond motifs is 1. The van der Waals surface area contributed by atoms with E-state index in [0.717, 1.165) is 41.0 Å². The number of halogens is 2. The van der Waals surface area contributed by atoms with E-state index in [1.807, 2.05) is 61.5 Å². The second-order valence-corrected chi connectivity index (χ2v) is 12.5. The van der Waals surface area contributed by atoms with Crippen LogP contribution in [0.15, 0.2) is 81.7 Å². The average Bonchev–Trinajstić information content (AvgIpc) is 3.32. The van der Waals surface area contributed by atoms with Crippen LogP contribution >= 0.6 is 34.5 Å². The minimum Gasteiger partial charge on any atom is -0.488 e. The number of anilines is 1. The van der Waals surface area contributed by atoms with Gasteiger partial charge in [-0.1, -0.05) is 70.4 Å². The first kappa shape index (κ1) is 32.5. The molecule has 1 aliphatic rings. The van der Waals surface area contributed by atoms with E-state index in [2.05, 4.69) is 18.7 Å². The first-order chi connectivity index (χ1) is 21.6. The molecule has 0 bridgehead atoms. The molecule has 3 aromatic carbocycles. The molecular formula is C35H35Cl2N3O4S. The topological polar surface area (TPSA) is 73.1 Å². The zero-order valence-electron chi connectivity index (χ0n) is 25.9. The molecule has 0 saturated carbocycles. The third-order valence-electron chi connectivity index (χ3n) is 7.72.